The Balaban J connectivity index is 1.92. The lowest BCUT2D eigenvalue weighted by Gasteiger charge is -2.26. The molecule has 2 N–H and O–H groups in total. The number of benzene rings is 1. The molecule has 116 valence electrons. The second kappa shape index (κ2) is 6.71. The van der Waals surface area contributed by atoms with E-state index in [4.69, 9.17) is 10.5 Å². The molecule has 3 nitrogen and oxygen atoms in total. The maximum Gasteiger partial charge on any atom is 0.137 e. The lowest BCUT2D eigenvalue weighted by atomic mass is 9.86. The molecule has 0 fully saturated rings. The molecule has 1 aromatic carbocycles. The lowest BCUT2D eigenvalue weighted by molar-refractivity contribution is -0.122. The average Bonchev–Trinajstić information content (AvgIpc) is 2.36. The third-order valence-corrected chi connectivity index (χ3v) is 3.87. The van der Waals surface area contributed by atoms with E-state index in [0.29, 0.717) is 19.4 Å². The lowest BCUT2D eigenvalue weighted by Crippen LogP contribution is -2.30. The SMILES string of the molecule is CC(C)(C)CC(N)CC(=O)CC1OCCc2ccccc21. The molecule has 1 aliphatic rings. The molecular formula is C18H27NO2. The molecule has 1 heterocycles. The Labute approximate surface area is 127 Å². The zero-order chi connectivity index (χ0) is 15.5. The smallest absolute Gasteiger partial charge is 0.137 e. The van der Waals surface area contributed by atoms with Crippen LogP contribution in [0.5, 0.6) is 0 Å². The molecule has 1 aliphatic heterocycles. The highest BCUT2D eigenvalue weighted by molar-refractivity contribution is 5.79. The first-order valence-corrected chi connectivity index (χ1v) is 7.82. The number of fused-ring (bicyclic) bond motifs is 1. The zero-order valence-corrected chi connectivity index (χ0v) is 13.4. The van der Waals surface area contributed by atoms with E-state index in [1.165, 1.54) is 11.1 Å². The number of hydrogen-bond donors (Lipinski definition) is 1. The Bertz CT molecular complexity index is 490. The average molecular weight is 289 g/mol. The van der Waals surface area contributed by atoms with E-state index in [1.807, 2.05) is 12.1 Å². The van der Waals surface area contributed by atoms with E-state index in [2.05, 4.69) is 32.9 Å². The van der Waals surface area contributed by atoms with Crippen molar-refractivity contribution in [1.82, 2.24) is 0 Å². The fraction of sp³-hybridized carbons (Fsp3) is 0.611. The summed E-state index contributed by atoms with van der Waals surface area (Å²) in [5.74, 6) is 0.202. The molecule has 0 radical (unpaired) electrons. The minimum Gasteiger partial charge on any atom is -0.373 e. The first-order chi connectivity index (χ1) is 9.85. The van der Waals surface area contributed by atoms with E-state index in [0.717, 1.165) is 12.8 Å². The molecule has 0 amide bonds. The molecule has 0 spiro atoms. The van der Waals surface area contributed by atoms with Crippen LogP contribution in [0.1, 0.15) is 57.3 Å². The number of ether oxygens (including phenoxy) is 1. The quantitative estimate of drug-likeness (QED) is 0.903. The third kappa shape index (κ3) is 4.94. The van der Waals surface area contributed by atoms with Crippen molar-refractivity contribution in [1.29, 1.82) is 0 Å². The van der Waals surface area contributed by atoms with Crippen molar-refractivity contribution in [2.75, 3.05) is 6.61 Å². The van der Waals surface area contributed by atoms with Crippen LogP contribution in [0.25, 0.3) is 0 Å². The van der Waals surface area contributed by atoms with E-state index in [9.17, 15) is 4.79 Å². The monoisotopic (exact) mass is 289 g/mol. The van der Waals surface area contributed by atoms with Crippen LogP contribution in [0, 0.1) is 5.41 Å². The van der Waals surface area contributed by atoms with Gasteiger partial charge in [-0.2, -0.15) is 0 Å². The van der Waals surface area contributed by atoms with Gasteiger partial charge in [0, 0.05) is 18.9 Å². The van der Waals surface area contributed by atoms with Crippen LogP contribution in [0.4, 0.5) is 0 Å². The van der Waals surface area contributed by atoms with Crippen LogP contribution in [0.2, 0.25) is 0 Å². The molecule has 21 heavy (non-hydrogen) atoms. The van der Waals surface area contributed by atoms with Crippen molar-refractivity contribution >= 4 is 5.78 Å². The minimum atomic E-state index is -0.0933. The van der Waals surface area contributed by atoms with Crippen molar-refractivity contribution in [3.05, 3.63) is 35.4 Å². The van der Waals surface area contributed by atoms with Crippen molar-refractivity contribution in [2.45, 2.75) is 58.6 Å². The van der Waals surface area contributed by atoms with Gasteiger partial charge < -0.3 is 10.5 Å². The summed E-state index contributed by atoms with van der Waals surface area (Å²) in [7, 11) is 0. The highest BCUT2D eigenvalue weighted by Crippen LogP contribution is 2.30. The molecule has 0 saturated carbocycles. The standard InChI is InChI=1S/C18H27NO2/c1-18(2,3)12-14(19)10-15(20)11-17-16-7-5-4-6-13(16)8-9-21-17/h4-7,14,17H,8-12,19H2,1-3H3. The van der Waals surface area contributed by atoms with Crippen LogP contribution < -0.4 is 5.73 Å². The summed E-state index contributed by atoms with van der Waals surface area (Å²) in [5.41, 5.74) is 8.73. The van der Waals surface area contributed by atoms with Gasteiger partial charge in [-0.1, -0.05) is 45.0 Å². The predicted octanol–water partition coefficient (Wildman–Crippen LogP) is 3.41. The van der Waals surface area contributed by atoms with E-state index < -0.39 is 0 Å². The summed E-state index contributed by atoms with van der Waals surface area (Å²) in [4.78, 5) is 12.3. The van der Waals surface area contributed by atoms with Gasteiger partial charge in [0.25, 0.3) is 0 Å². The number of ketones is 1. The fourth-order valence-corrected chi connectivity index (χ4v) is 3.09. The number of hydrogen-bond acceptors (Lipinski definition) is 3. The summed E-state index contributed by atoms with van der Waals surface area (Å²) in [6, 6.07) is 8.19. The Morgan fingerprint density at radius 3 is 2.81 bits per heavy atom. The number of carbonyl (C=O) groups is 1. The number of Topliss-reactive ketones (excluding diaryl/α,β-unsaturated/α-hetero) is 1. The van der Waals surface area contributed by atoms with E-state index in [1.54, 1.807) is 0 Å². The summed E-state index contributed by atoms with van der Waals surface area (Å²) >= 11 is 0. The van der Waals surface area contributed by atoms with Gasteiger partial charge in [-0.15, -0.1) is 0 Å². The Morgan fingerprint density at radius 2 is 2.10 bits per heavy atom. The topological polar surface area (TPSA) is 52.3 Å². The van der Waals surface area contributed by atoms with Gasteiger partial charge >= 0.3 is 0 Å². The van der Waals surface area contributed by atoms with Gasteiger partial charge in [-0.3, -0.25) is 4.79 Å². The summed E-state index contributed by atoms with van der Waals surface area (Å²) < 4.78 is 5.80. The molecule has 0 aromatic heterocycles. The molecule has 0 saturated heterocycles. The first kappa shape index (κ1) is 16.2. The molecule has 2 atom stereocenters. The van der Waals surface area contributed by atoms with Crippen molar-refractivity contribution < 1.29 is 9.53 Å². The normalized spacial score (nSPS) is 19.9. The maximum absolute atomic E-state index is 12.3. The molecule has 3 heteroatoms. The molecule has 1 aromatic rings. The fourth-order valence-electron chi connectivity index (χ4n) is 3.09. The molecular weight excluding hydrogens is 262 g/mol. The van der Waals surface area contributed by atoms with Crippen molar-refractivity contribution in [3.63, 3.8) is 0 Å². The zero-order valence-electron chi connectivity index (χ0n) is 13.4. The van der Waals surface area contributed by atoms with Gasteiger partial charge in [-0.25, -0.2) is 0 Å². The Morgan fingerprint density at radius 1 is 1.38 bits per heavy atom. The maximum atomic E-state index is 12.3. The van der Waals surface area contributed by atoms with Crippen LogP contribution >= 0.6 is 0 Å². The van der Waals surface area contributed by atoms with E-state index >= 15 is 0 Å². The van der Waals surface area contributed by atoms with Gasteiger partial charge in [0.2, 0.25) is 0 Å². The highest BCUT2D eigenvalue weighted by Gasteiger charge is 2.24. The van der Waals surface area contributed by atoms with Gasteiger partial charge in [0.15, 0.2) is 0 Å². The van der Waals surface area contributed by atoms with Crippen LogP contribution in [0.3, 0.4) is 0 Å². The minimum absolute atomic E-state index is 0.0589. The summed E-state index contributed by atoms with van der Waals surface area (Å²) in [5, 5.41) is 0. The largest absolute Gasteiger partial charge is 0.373 e. The number of nitrogens with two attached hydrogens (primary N) is 1. The molecule has 2 rings (SSSR count). The summed E-state index contributed by atoms with van der Waals surface area (Å²) in [6.45, 7) is 7.15. The molecule has 2 unspecified atom stereocenters. The number of carbonyl (C=O) groups excluding carboxylic acids is 1. The molecule has 0 bridgehead atoms. The van der Waals surface area contributed by atoms with E-state index in [-0.39, 0.29) is 23.3 Å². The first-order valence-electron chi connectivity index (χ1n) is 7.82. The highest BCUT2D eigenvalue weighted by atomic mass is 16.5. The van der Waals surface area contributed by atoms with Gasteiger partial charge in [0.05, 0.1) is 12.7 Å². The predicted molar refractivity (Wildman–Crippen MR) is 85.1 cm³/mol. The Hall–Kier alpha value is -1.19. The van der Waals surface area contributed by atoms with Gasteiger partial charge in [-0.05, 0) is 29.4 Å². The third-order valence-electron chi connectivity index (χ3n) is 3.87. The second-order valence-corrected chi connectivity index (χ2v) is 7.28. The Kier molecular flexibility index (Phi) is 5.17. The van der Waals surface area contributed by atoms with Crippen molar-refractivity contribution in [2.24, 2.45) is 11.1 Å². The second-order valence-electron chi connectivity index (χ2n) is 7.28. The molecule has 0 aliphatic carbocycles. The van der Waals surface area contributed by atoms with Crippen LogP contribution in [-0.4, -0.2) is 18.4 Å². The van der Waals surface area contributed by atoms with Crippen LogP contribution in [0.15, 0.2) is 24.3 Å². The van der Waals surface area contributed by atoms with Gasteiger partial charge in [0.1, 0.15) is 5.78 Å². The number of rotatable bonds is 5. The summed E-state index contributed by atoms with van der Waals surface area (Å²) in [6.07, 6.45) is 2.59. The van der Waals surface area contributed by atoms with Crippen molar-refractivity contribution in [3.8, 4) is 0 Å². The van der Waals surface area contributed by atoms with Crippen LogP contribution in [-0.2, 0) is 16.0 Å².